The van der Waals surface area contributed by atoms with Gasteiger partial charge >= 0.3 is 0 Å². The number of aromatic hydroxyl groups is 2. The Labute approximate surface area is 213 Å². The summed E-state index contributed by atoms with van der Waals surface area (Å²) in [7, 11) is 0. The normalized spacial score (nSPS) is 34.5. The van der Waals surface area contributed by atoms with Crippen LogP contribution >= 0.6 is 0 Å². The maximum Gasteiger partial charge on any atom is 0.229 e. The molecule has 210 valence electrons. The van der Waals surface area contributed by atoms with Gasteiger partial charge in [-0.3, -0.25) is 4.79 Å². The van der Waals surface area contributed by atoms with Gasteiger partial charge in [0.1, 0.15) is 65.5 Å². The van der Waals surface area contributed by atoms with Crippen molar-refractivity contribution in [3.8, 4) is 17.2 Å². The lowest BCUT2D eigenvalue weighted by Gasteiger charge is -2.41. The van der Waals surface area contributed by atoms with Gasteiger partial charge in [0.15, 0.2) is 12.1 Å². The molecule has 2 aliphatic heterocycles. The third-order valence-electron chi connectivity index (χ3n) is 6.52. The number of ether oxygens (including phenoxy) is 4. The van der Waals surface area contributed by atoms with E-state index in [9.17, 15) is 45.6 Å². The highest BCUT2D eigenvalue weighted by atomic mass is 16.7. The van der Waals surface area contributed by atoms with Gasteiger partial charge in [-0.15, -0.1) is 0 Å². The van der Waals surface area contributed by atoms with Crippen LogP contribution in [0.4, 0.5) is 0 Å². The van der Waals surface area contributed by atoms with Crippen molar-refractivity contribution in [2.75, 3.05) is 13.2 Å². The molecule has 0 aliphatic carbocycles. The number of benzene rings is 1. The van der Waals surface area contributed by atoms with E-state index in [1.54, 1.807) is 13.8 Å². The molecule has 2 fully saturated rings. The molecule has 0 amide bonds. The number of hydrogen-bond acceptors (Lipinski definition) is 13. The lowest BCUT2D eigenvalue weighted by molar-refractivity contribution is -0.307. The van der Waals surface area contributed by atoms with Crippen LogP contribution in [0.15, 0.2) is 0 Å². The van der Waals surface area contributed by atoms with E-state index in [-0.39, 0.29) is 47.1 Å². The molecular formula is C24H36O13. The Hall–Kier alpha value is -2.07. The lowest BCUT2D eigenvalue weighted by atomic mass is 9.94. The lowest BCUT2D eigenvalue weighted by Crippen LogP contribution is -2.61. The Bertz CT molecular complexity index is 967. The van der Waals surface area contributed by atoms with Crippen LogP contribution in [0.5, 0.6) is 17.2 Å². The van der Waals surface area contributed by atoms with Crippen molar-refractivity contribution in [2.45, 2.75) is 89.4 Å². The SMILES string of the molecule is Cc1c(O)c(C)c(OC2OC(COC3OCC(O)C(O)C3O)C(O)C(O)C2O)c(C(=O)CC(C)C)c1O. The first-order valence-electron chi connectivity index (χ1n) is 12.0. The average Bonchev–Trinajstić information content (AvgIpc) is 2.84. The van der Waals surface area contributed by atoms with Crippen molar-refractivity contribution in [3.05, 3.63) is 16.7 Å². The number of ketones is 1. The van der Waals surface area contributed by atoms with Crippen molar-refractivity contribution in [2.24, 2.45) is 5.92 Å². The molecule has 0 saturated carbocycles. The highest BCUT2D eigenvalue weighted by Crippen LogP contribution is 2.43. The first-order chi connectivity index (χ1) is 17.3. The van der Waals surface area contributed by atoms with Crippen LogP contribution in [0.2, 0.25) is 0 Å². The highest BCUT2D eigenvalue weighted by molar-refractivity contribution is 6.02. The minimum atomic E-state index is -1.81. The molecule has 1 aromatic rings. The Morgan fingerprint density at radius 2 is 1.51 bits per heavy atom. The molecule has 0 aromatic heterocycles. The fraction of sp³-hybridized carbons (Fsp3) is 0.708. The summed E-state index contributed by atoms with van der Waals surface area (Å²) in [6.07, 6.45) is -14.1. The van der Waals surface area contributed by atoms with Gasteiger partial charge < -0.3 is 59.8 Å². The monoisotopic (exact) mass is 532 g/mol. The smallest absolute Gasteiger partial charge is 0.229 e. The zero-order chi connectivity index (χ0) is 27.8. The van der Waals surface area contributed by atoms with Crippen LogP contribution in [0.1, 0.15) is 41.8 Å². The van der Waals surface area contributed by atoms with Gasteiger partial charge in [0, 0.05) is 17.5 Å². The highest BCUT2D eigenvalue weighted by Gasteiger charge is 2.47. The Morgan fingerprint density at radius 1 is 0.892 bits per heavy atom. The van der Waals surface area contributed by atoms with E-state index in [1.165, 1.54) is 13.8 Å². The third-order valence-corrected chi connectivity index (χ3v) is 6.52. The van der Waals surface area contributed by atoms with Crippen molar-refractivity contribution in [1.82, 2.24) is 0 Å². The summed E-state index contributed by atoms with van der Waals surface area (Å²) >= 11 is 0. The van der Waals surface area contributed by atoms with Crippen LogP contribution in [0.25, 0.3) is 0 Å². The summed E-state index contributed by atoms with van der Waals surface area (Å²) < 4.78 is 21.9. The second-order valence-corrected chi connectivity index (χ2v) is 9.89. The first-order valence-corrected chi connectivity index (χ1v) is 12.0. The molecule has 0 spiro atoms. The van der Waals surface area contributed by atoms with Crippen LogP contribution in [0, 0.1) is 19.8 Å². The molecule has 0 radical (unpaired) electrons. The van der Waals surface area contributed by atoms with Gasteiger partial charge in [0.05, 0.1) is 13.2 Å². The number of aliphatic hydroxyl groups excluding tert-OH is 6. The van der Waals surface area contributed by atoms with E-state index in [0.29, 0.717) is 0 Å². The molecule has 9 unspecified atom stereocenters. The number of phenols is 2. The van der Waals surface area contributed by atoms with Gasteiger partial charge in [-0.25, -0.2) is 0 Å². The maximum absolute atomic E-state index is 13.0. The number of carbonyl (C=O) groups is 1. The van der Waals surface area contributed by atoms with E-state index in [0.717, 1.165) is 0 Å². The maximum atomic E-state index is 13.0. The molecule has 9 atom stereocenters. The zero-order valence-corrected chi connectivity index (χ0v) is 21.0. The van der Waals surface area contributed by atoms with E-state index < -0.39 is 73.4 Å². The topological polar surface area (TPSA) is 216 Å². The molecule has 2 aliphatic rings. The van der Waals surface area contributed by atoms with Gasteiger partial charge in [0.25, 0.3) is 0 Å². The minimum Gasteiger partial charge on any atom is -0.507 e. The van der Waals surface area contributed by atoms with E-state index in [2.05, 4.69) is 0 Å². The van der Waals surface area contributed by atoms with E-state index >= 15 is 0 Å². The van der Waals surface area contributed by atoms with Crippen LogP contribution in [-0.2, 0) is 14.2 Å². The molecule has 1 aromatic carbocycles. The summed E-state index contributed by atoms with van der Waals surface area (Å²) in [5, 5.41) is 81.9. The molecule has 37 heavy (non-hydrogen) atoms. The van der Waals surface area contributed by atoms with Gasteiger partial charge in [0.2, 0.25) is 6.29 Å². The van der Waals surface area contributed by atoms with Crippen molar-refractivity contribution < 1.29 is 64.6 Å². The third kappa shape index (κ3) is 6.00. The van der Waals surface area contributed by atoms with Crippen LogP contribution < -0.4 is 4.74 Å². The number of rotatable bonds is 8. The summed E-state index contributed by atoms with van der Waals surface area (Å²) in [6, 6.07) is 0. The first kappa shape index (κ1) is 29.5. The number of aliphatic hydroxyl groups is 6. The van der Waals surface area contributed by atoms with Crippen molar-refractivity contribution >= 4 is 5.78 Å². The zero-order valence-electron chi connectivity index (χ0n) is 21.0. The number of phenolic OH excluding ortho intramolecular Hbond substituents is 2. The molecule has 13 nitrogen and oxygen atoms in total. The number of hydrogen-bond donors (Lipinski definition) is 8. The summed E-state index contributed by atoms with van der Waals surface area (Å²) in [5.74, 6) is -1.66. The quantitative estimate of drug-likeness (QED) is 0.181. The van der Waals surface area contributed by atoms with E-state index in [4.69, 9.17) is 18.9 Å². The number of carbonyl (C=O) groups excluding carboxylic acids is 1. The van der Waals surface area contributed by atoms with Crippen molar-refractivity contribution in [3.63, 3.8) is 0 Å². The molecule has 8 N–H and O–H groups in total. The average molecular weight is 533 g/mol. The molecule has 2 heterocycles. The second kappa shape index (κ2) is 11.8. The van der Waals surface area contributed by atoms with Gasteiger partial charge in [-0.2, -0.15) is 0 Å². The molecule has 0 bridgehead atoms. The summed E-state index contributed by atoms with van der Waals surface area (Å²) in [4.78, 5) is 13.0. The molecule has 13 heteroatoms. The fourth-order valence-electron chi connectivity index (χ4n) is 4.25. The van der Waals surface area contributed by atoms with Crippen molar-refractivity contribution in [1.29, 1.82) is 0 Å². The Balaban J connectivity index is 1.85. The predicted octanol–water partition coefficient (Wildman–Crippen LogP) is -1.41. The van der Waals surface area contributed by atoms with Gasteiger partial charge in [-0.1, -0.05) is 13.8 Å². The fourth-order valence-corrected chi connectivity index (χ4v) is 4.25. The van der Waals surface area contributed by atoms with Crippen LogP contribution in [-0.4, -0.2) is 115 Å². The molecule has 3 rings (SSSR count). The largest absolute Gasteiger partial charge is 0.507 e. The standard InChI is InChI=1S/C24H36O13/c1-8(2)5-11(25)14-16(28)9(3)15(27)10(4)22(14)37-24-21(33)19(31)18(30)13(36-24)7-35-23-20(32)17(29)12(26)6-34-23/h8,12-13,17-21,23-24,26-33H,5-7H2,1-4H3. The summed E-state index contributed by atoms with van der Waals surface area (Å²) in [6.45, 7) is 5.64. The Kier molecular flexibility index (Phi) is 9.37. The second-order valence-electron chi connectivity index (χ2n) is 9.89. The Morgan fingerprint density at radius 3 is 2.14 bits per heavy atom. The van der Waals surface area contributed by atoms with E-state index in [1.807, 2.05) is 0 Å². The van der Waals surface area contributed by atoms with Gasteiger partial charge in [-0.05, 0) is 19.8 Å². The summed E-state index contributed by atoms with van der Waals surface area (Å²) in [5.41, 5.74) is -0.0861. The predicted molar refractivity (Wildman–Crippen MR) is 124 cm³/mol. The number of Topliss-reactive ketones (excluding diaryl/α,β-unsaturated/α-hetero) is 1. The molecule has 2 saturated heterocycles. The minimum absolute atomic E-state index is 0.0454. The molecular weight excluding hydrogens is 496 g/mol. The van der Waals surface area contributed by atoms with Crippen LogP contribution in [0.3, 0.4) is 0 Å².